The first-order chi connectivity index (χ1) is 9.76. The highest BCUT2D eigenvalue weighted by atomic mass is 16.5. The van der Waals surface area contributed by atoms with Crippen molar-refractivity contribution in [3.8, 4) is 0 Å². The molecule has 1 saturated heterocycles. The van der Waals surface area contributed by atoms with Crippen molar-refractivity contribution in [2.75, 3.05) is 33.4 Å². The summed E-state index contributed by atoms with van der Waals surface area (Å²) in [6, 6.07) is 2.46. The molecule has 0 amide bonds. The van der Waals surface area contributed by atoms with E-state index in [-0.39, 0.29) is 5.54 Å². The summed E-state index contributed by atoms with van der Waals surface area (Å²) in [7, 11) is 4.06. The summed E-state index contributed by atoms with van der Waals surface area (Å²) < 4.78 is 7.45. The SMILES string of the molecule is CNC(c1ccn(C)n1)C1(N2CCOCC2)CCCC1. The predicted molar refractivity (Wildman–Crippen MR) is 78.6 cm³/mol. The molecule has 112 valence electrons. The molecule has 1 aliphatic heterocycles. The number of aromatic nitrogens is 2. The highest BCUT2D eigenvalue weighted by Gasteiger charge is 2.47. The van der Waals surface area contributed by atoms with Gasteiger partial charge in [0.15, 0.2) is 0 Å². The lowest BCUT2D eigenvalue weighted by Crippen LogP contribution is -2.58. The number of nitrogens with one attached hydrogen (secondary N) is 1. The van der Waals surface area contributed by atoms with Gasteiger partial charge in [0, 0.05) is 31.9 Å². The maximum atomic E-state index is 5.55. The van der Waals surface area contributed by atoms with Crippen molar-refractivity contribution < 1.29 is 4.74 Å². The van der Waals surface area contributed by atoms with Gasteiger partial charge in [0.1, 0.15) is 0 Å². The molecule has 0 spiro atoms. The molecule has 3 rings (SSSR count). The molecule has 0 aromatic carbocycles. The predicted octanol–water partition coefficient (Wildman–Crippen LogP) is 1.33. The van der Waals surface area contributed by atoms with E-state index in [4.69, 9.17) is 4.74 Å². The summed E-state index contributed by atoms with van der Waals surface area (Å²) >= 11 is 0. The van der Waals surface area contributed by atoms with Crippen LogP contribution in [0.1, 0.15) is 37.4 Å². The van der Waals surface area contributed by atoms with Gasteiger partial charge in [0.25, 0.3) is 0 Å². The number of morpholine rings is 1. The number of rotatable bonds is 4. The Morgan fingerprint density at radius 2 is 2.00 bits per heavy atom. The highest BCUT2D eigenvalue weighted by Crippen LogP contribution is 2.44. The number of likely N-dealkylation sites (N-methyl/N-ethyl adjacent to an activating group) is 1. The van der Waals surface area contributed by atoms with Crippen LogP contribution in [0.4, 0.5) is 0 Å². The summed E-state index contributed by atoms with van der Waals surface area (Å²) in [4.78, 5) is 2.65. The van der Waals surface area contributed by atoms with Crippen LogP contribution in [0.3, 0.4) is 0 Å². The van der Waals surface area contributed by atoms with Crippen LogP contribution in [0.25, 0.3) is 0 Å². The van der Waals surface area contributed by atoms with E-state index in [0.29, 0.717) is 6.04 Å². The third kappa shape index (κ3) is 2.38. The Balaban J connectivity index is 1.91. The minimum Gasteiger partial charge on any atom is -0.379 e. The maximum absolute atomic E-state index is 5.55. The summed E-state index contributed by atoms with van der Waals surface area (Å²) in [6.07, 6.45) is 7.20. The lowest BCUT2D eigenvalue weighted by atomic mass is 9.83. The Bertz CT molecular complexity index is 433. The van der Waals surface area contributed by atoms with Gasteiger partial charge in [-0.15, -0.1) is 0 Å². The second kappa shape index (κ2) is 5.84. The number of aryl methyl sites for hydroxylation is 1. The van der Waals surface area contributed by atoms with Crippen molar-refractivity contribution in [3.05, 3.63) is 18.0 Å². The van der Waals surface area contributed by atoms with Crippen LogP contribution in [-0.2, 0) is 11.8 Å². The lowest BCUT2D eigenvalue weighted by molar-refractivity contribution is -0.0360. The molecule has 0 bridgehead atoms. The molecule has 1 saturated carbocycles. The van der Waals surface area contributed by atoms with Crippen molar-refractivity contribution in [2.45, 2.75) is 37.3 Å². The zero-order valence-electron chi connectivity index (χ0n) is 12.6. The highest BCUT2D eigenvalue weighted by molar-refractivity contribution is 5.16. The van der Waals surface area contributed by atoms with E-state index in [1.165, 1.54) is 31.4 Å². The summed E-state index contributed by atoms with van der Waals surface area (Å²) in [5.74, 6) is 0. The van der Waals surface area contributed by atoms with E-state index in [2.05, 4.69) is 28.4 Å². The van der Waals surface area contributed by atoms with Crippen molar-refractivity contribution in [1.82, 2.24) is 20.0 Å². The first-order valence-electron chi connectivity index (χ1n) is 7.76. The molecule has 1 aliphatic carbocycles. The third-order valence-electron chi connectivity index (χ3n) is 4.97. The number of ether oxygens (including phenoxy) is 1. The minimum absolute atomic E-state index is 0.215. The lowest BCUT2D eigenvalue weighted by Gasteiger charge is -2.47. The van der Waals surface area contributed by atoms with Crippen LogP contribution in [0.5, 0.6) is 0 Å². The molecule has 1 aromatic heterocycles. The average Bonchev–Trinajstić information content (AvgIpc) is 3.12. The average molecular weight is 278 g/mol. The van der Waals surface area contributed by atoms with Crippen molar-refractivity contribution in [2.24, 2.45) is 7.05 Å². The summed E-state index contributed by atoms with van der Waals surface area (Å²) in [6.45, 7) is 3.82. The smallest absolute Gasteiger partial charge is 0.0812 e. The van der Waals surface area contributed by atoms with E-state index in [9.17, 15) is 0 Å². The maximum Gasteiger partial charge on any atom is 0.0812 e. The van der Waals surface area contributed by atoms with Crippen LogP contribution < -0.4 is 5.32 Å². The van der Waals surface area contributed by atoms with Crippen LogP contribution in [-0.4, -0.2) is 53.6 Å². The fourth-order valence-electron chi connectivity index (χ4n) is 4.06. The van der Waals surface area contributed by atoms with Crippen molar-refractivity contribution in [3.63, 3.8) is 0 Å². The molecular formula is C15H26N4O. The summed E-state index contributed by atoms with van der Waals surface area (Å²) in [5, 5.41) is 8.22. The molecule has 5 nitrogen and oxygen atoms in total. The Morgan fingerprint density at radius 1 is 1.30 bits per heavy atom. The van der Waals surface area contributed by atoms with Gasteiger partial charge < -0.3 is 10.1 Å². The van der Waals surface area contributed by atoms with E-state index in [1.54, 1.807) is 0 Å². The fraction of sp³-hybridized carbons (Fsp3) is 0.800. The Morgan fingerprint density at radius 3 is 2.55 bits per heavy atom. The molecule has 5 heteroatoms. The fourth-order valence-corrected chi connectivity index (χ4v) is 4.06. The third-order valence-corrected chi connectivity index (χ3v) is 4.97. The molecule has 1 aromatic rings. The van der Waals surface area contributed by atoms with Crippen molar-refractivity contribution in [1.29, 1.82) is 0 Å². The molecule has 1 unspecified atom stereocenters. The topological polar surface area (TPSA) is 42.3 Å². The van der Waals surface area contributed by atoms with E-state index in [1.807, 2.05) is 17.9 Å². The van der Waals surface area contributed by atoms with Gasteiger partial charge in [0.2, 0.25) is 0 Å². The first-order valence-corrected chi connectivity index (χ1v) is 7.76. The van der Waals surface area contributed by atoms with E-state index < -0.39 is 0 Å². The van der Waals surface area contributed by atoms with E-state index >= 15 is 0 Å². The second-order valence-corrected chi connectivity index (χ2v) is 6.05. The van der Waals surface area contributed by atoms with Gasteiger partial charge in [0.05, 0.1) is 24.9 Å². The summed E-state index contributed by atoms with van der Waals surface area (Å²) in [5.41, 5.74) is 1.38. The van der Waals surface area contributed by atoms with Gasteiger partial charge in [-0.3, -0.25) is 9.58 Å². The molecule has 2 heterocycles. The number of hydrogen-bond donors (Lipinski definition) is 1. The molecule has 0 radical (unpaired) electrons. The van der Waals surface area contributed by atoms with Crippen LogP contribution in [0.15, 0.2) is 12.3 Å². The monoisotopic (exact) mass is 278 g/mol. The van der Waals surface area contributed by atoms with Gasteiger partial charge in [-0.05, 0) is 26.0 Å². The van der Waals surface area contributed by atoms with E-state index in [0.717, 1.165) is 26.3 Å². The molecule has 20 heavy (non-hydrogen) atoms. The molecule has 1 N–H and O–H groups in total. The van der Waals surface area contributed by atoms with Gasteiger partial charge in [-0.2, -0.15) is 5.10 Å². The number of hydrogen-bond acceptors (Lipinski definition) is 4. The van der Waals surface area contributed by atoms with Crippen LogP contribution in [0.2, 0.25) is 0 Å². The molecule has 2 fully saturated rings. The second-order valence-electron chi connectivity index (χ2n) is 6.05. The van der Waals surface area contributed by atoms with Gasteiger partial charge in [-0.25, -0.2) is 0 Å². The minimum atomic E-state index is 0.215. The zero-order chi connectivity index (χ0) is 14.0. The van der Waals surface area contributed by atoms with Gasteiger partial charge in [-0.1, -0.05) is 12.8 Å². The largest absolute Gasteiger partial charge is 0.379 e. The molecule has 2 aliphatic rings. The van der Waals surface area contributed by atoms with Crippen LogP contribution in [0, 0.1) is 0 Å². The Labute approximate surface area is 121 Å². The normalized spacial score (nSPS) is 24.9. The molecule has 1 atom stereocenters. The van der Waals surface area contributed by atoms with Gasteiger partial charge >= 0.3 is 0 Å². The first kappa shape index (κ1) is 14.0. The van der Waals surface area contributed by atoms with Crippen molar-refractivity contribution >= 4 is 0 Å². The quantitative estimate of drug-likeness (QED) is 0.902. The standard InChI is InChI=1S/C15H26N4O/c1-16-14(13-5-8-18(2)17-13)15(6-3-4-7-15)19-9-11-20-12-10-19/h5,8,14,16H,3-4,6-7,9-12H2,1-2H3. The Kier molecular flexibility index (Phi) is 4.10. The van der Waals surface area contributed by atoms with Crippen LogP contribution >= 0.6 is 0 Å². The number of nitrogens with zero attached hydrogens (tertiary/aromatic N) is 3. The zero-order valence-corrected chi connectivity index (χ0v) is 12.6. The Hall–Kier alpha value is -0.910. The molecular weight excluding hydrogens is 252 g/mol.